The molecule has 2 amide bonds. The zero-order chi connectivity index (χ0) is 23.1. The predicted molar refractivity (Wildman–Crippen MR) is 115 cm³/mol. The van der Waals surface area contributed by atoms with Crippen LogP contribution in [0.4, 0.5) is 15.2 Å². The fraction of sp³-hybridized carbons (Fsp3) is 0.143. The van der Waals surface area contributed by atoms with Crippen LogP contribution in [0.15, 0.2) is 47.8 Å². The number of aliphatic carboxylic acids is 1. The van der Waals surface area contributed by atoms with E-state index in [1.165, 1.54) is 18.6 Å². The van der Waals surface area contributed by atoms with Gasteiger partial charge in [-0.3, -0.25) is 14.4 Å². The van der Waals surface area contributed by atoms with Crippen LogP contribution in [0, 0.1) is 5.82 Å². The monoisotopic (exact) mass is 459 g/mol. The van der Waals surface area contributed by atoms with Crippen molar-refractivity contribution < 1.29 is 33.4 Å². The van der Waals surface area contributed by atoms with Crippen molar-refractivity contribution in [2.75, 3.05) is 17.7 Å². The summed E-state index contributed by atoms with van der Waals surface area (Å²) in [4.78, 5) is 39.1. The van der Waals surface area contributed by atoms with Gasteiger partial charge < -0.3 is 25.2 Å². The van der Waals surface area contributed by atoms with E-state index in [0.717, 1.165) is 23.5 Å². The van der Waals surface area contributed by atoms with Crippen molar-refractivity contribution in [2.45, 2.75) is 12.8 Å². The number of halogens is 1. The maximum Gasteiger partial charge on any atom is 0.309 e. The number of carbonyl (C=O) groups excluding carboxylic acids is 2. The first-order valence-corrected chi connectivity index (χ1v) is 10.1. The Hall–Kier alpha value is -3.99. The van der Waals surface area contributed by atoms with E-state index in [1.54, 1.807) is 24.3 Å². The highest BCUT2D eigenvalue weighted by Gasteiger charge is 2.16. The molecule has 3 N–H and O–H groups in total. The Morgan fingerprint density at radius 2 is 1.78 bits per heavy atom. The van der Waals surface area contributed by atoms with E-state index >= 15 is 0 Å². The summed E-state index contributed by atoms with van der Waals surface area (Å²) in [5.74, 6) is -2.17. The smallest absolute Gasteiger partial charge is 0.309 e. The van der Waals surface area contributed by atoms with Gasteiger partial charge in [-0.2, -0.15) is 0 Å². The number of methoxy groups -OCH3 is 1. The predicted octanol–water partition coefficient (Wildman–Crippen LogP) is 3.68. The maximum atomic E-state index is 13.8. The van der Waals surface area contributed by atoms with Crippen LogP contribution < -0.4 is 20.1 Å². The van der Waals surface area contributed by atoms with Crippen molar-refractivity contribution >= 4 is 39.9 Å². The minimum absolute atomic E-state index is 0.0292. The third-order valence-electron chi connectivity index (χ3n) is 3.96. The van der Waals surface area contributed by atoms with Crippen LogP contribution >= 0.6 is 11.3 Å². The van der Waals surface area contributed by atoms with Crippen LogP contribution in [0.3, 0.4) is 0 Å². The van der Waals surface area contributed by atoms with Gasteiger partial charge in [0.25, 0.3) is 0 Å². The van der Waals surface area contributed by atoms with Gasteiger partial charge in [-0.15, -0.1) is 11.3 Å². The molecule has 0 spiro atoms. The molecular formula is C21H18FN3O6S. The highest BCUT2D eigenvalue weighted by atomic mass is 32.1. The lowest BCUT2D eigenvalue weighted by Gasteiger charge is -2.14. The maximum absolute atomic E-state index is 13.8. The fourth-order valence-corrected chi connectivity index (χ4v) is 3.34. The number of nitrogens with one attached hydrogen (secondary N) is 2. The van der Waals surface area contributed by atoms with E-state index < -0.39 is 30.0 Å². The summed E-state index contributed by atoms with van der Waals surface area (Å²) >= 11 is 1.05. The summed E-state index contributed by atoms with van der Waals surface area (Å²) in [6.45, 7) is 0. The summed E-state index contributed by atoms with van der Waals surface area (Å²) in [7, 11) is 1.46. The summed E-state index contributed by atoms with van der Waals surface area (Å²) in [6, 6.07) is 10.3. The number of rotatable bonds is 9. The Morgan fingerprint density at radius 1 is 1.06 bits per heavy atom. The Bertz CT molecular complexity index is 1150. The first-order valence-electron chi connectivity index (χ1n) is 9.20. The van der Waals surface area contributed by atoms with Crippen molar-refractivity contribution in [1.29, 1.82) is 0 Å². The number of carboxylic acid groups (broad SMARTS) is 1. The van der Waals surface area contributed by atoms with Gasteiger partial charge in [0.05, 0.1) is 24.9 Å². The van der Waals surface area contributed by atoms with Gasteiger partial charge in [0.1, 0.15) is 12.2 Å². The molecule has 9 nitrogen and oxygen atoms in total. The number of anilines is 2. The summed E-state index contributed by atoms with van der Waals surface area (Å²) < 4.78 is 24.7. The number of thiazole rings is 1. The van der Waals surface area contributed by atoms with E-state index in [9.17, 15) is 18.8 Å². The number of aromatic nitrogens is 1. The minimum atomic E-state index is -1.04. The number of amides is 2. The number of benzene rings is 2. The van der Waals surface area contributed by atoms with E-state index in [2.05, 4.69) is 15.6 Å². The molecule has 3 rings (SSSR count). The second-order valence-electron chi connectivity index (χ2n) is 6.38. The number of hydrogen-bond donors (Lipinski definition) is 3. The van der Waals surface area contributed by atoms with Crippen LogP contribution in [-0.4, -0.2) is 35.0 Å². The average Bonchev–Trinajstić information content (AvgIpc) is 3.16. The van der Waals surface area contributed by atoms with Gasteiger partial charge in [0.15, 0.2) is 22.4 Å². The topological polar surface area (TPSA) is 127 Å². The molecule has 0 aliphatic heterocycles. The van der Waals surface area contributed by atoms with Crippen molar-refractivity contribution in [1.82, 2.24) is 4.98 Å². The Kier molecular flexibility index (Phi) is 7.34. The molecule has 1 aromatic heterocycles. The molecule has 0 fully saturated rings. The molecule has 0 atom stereocenters. The molecule has 3 aromatic rings. The van der Waals surface area contributed by atoms with Crippen LogP contribution in [0.1, 0.15) is 12.1 Å². The highest BCUT2D eigenvalue weighted by molar-refractivity contribution is 7.13. The Labute approximate surface area is 185 Å². The number of nitrogens with zero attached hydrogens (tertiary/aromatic N) is 1. The standard InChI is InChI=1S/C21H18FN3O6S/c1-30-15-4-2-3-5-16(15)31-17-8-12(22)6-7-14(17)24-18(26)10-19(27)25-21-23-13(11-32-21)9-20(28)29/h2-8,11H,9-10H2,1H3,(H,24,26)(H,28,29)(H,23,25,27). The van der Waals surface area contributed by atoms with Crippen LogP contribution in [0.5, 0.6) is 17.2 Å². The van der Waals surface area contributed by atoms with E-state index in [4.69, 9.17) is 14.6 Å². The number of carboxylic acids is 1. The number of hydrogen-bond acceptors (Lipinski definition) is 7. The zero-order valence-electron chi connectivity index (χ0n) is 16.8. The van der Waals surface area contributed by atoms with Gasteiger partial charge in [0.2, 0.25) is 11.8 Å². The molecule has 166 valence electrons. The molecule has 1 heterocycles. The number of ether oxygens (including phenoxy) is 2. The molecule has 32 heavy (non-hydrogen) atoms. The molecule has 2 aromatic carbocycles. The highest BCUT2D eigenvalue weighted by Crippen LogP contribution is 2.35. The molecular weight excluding hydrogens is 441 g/mol. The van der Waals surface area contributed by atoms with Gasteiger partial charge in [-0.25, -0.2) is 9.37 Å². The molecule has 0 saturated carbocycles. The van der Waals surface area contributed by atoms with Gasteiger partial charge in [0, 0.05) is 11.4 Å². The van der Waals surface area contributed by atoms with Gasteiger partial charge in [-0.1, -0.05) is 12.1 Å². The molecule has 0 bridgehead atoms. The van der Waals surface area contributed by atoms with Crippen LogP contribution in [0.25, 0.3) is 0 Å². The van der Waals surface area contributed by atoms with Gasteiger partial charge in [-0.05, 0) is 24.3 Å². The van der Waals surface area contributed by atoms with Crippen molar-refractivity contribution in [2.24, 2.45) is 0 Å². The second-order valence-corrected chi connectivity index (χ2v) is 7.24. The quantitative estimate of drug-likeness (QED) is 0.417. The normalized spacial score (nSPS) is 10.3. The largest absolute Gasteiger partial charge is 0.493 e. The third-order valence-corrected chi connectivity index (χ3v) is 4.76. The third kappa shape index (κ3) is 6.25. The zero-order valence-corrected chi connectivity index (χ0v) is 17.6. The fourth-order valence-electron chi connectivity index (χ4n) is 2.61. The Balaban J connectivity index is 1.65. The molecule has 0 radical (unpaired) electrons. The van der Waals surface area contributed by atoms with E-state index in [-0.39, 0.29) is 23.0 Å². The summed E-state index contributed by atoms with van der Waals surface area (Å²) in [6.07, 6.45) is -0.814. The van der Waals surface area contributed by atoms with Crippen LogP contribution in [0.2, 0.25) is 0 Å². The Morgan fingerprint density at radius 3 is 2.50 bits per heavy atom. The first-order chi connectivity index (χ1) is 15.3. The molecule has 0 saturated heterocycles. The summed E-state index contributed by atoms with van der Waals surface area (Å²) in [5.41, 5.74) is 0.458. The lowest BCUT2D eigenvalue weighted by atomic mass is 10.2. The first kappa shape index (κ1) is 22.7. The lowest BCUT2D eigenvalue weighted by molar-refractivity contribution is -0.136. The number of carbonyl (C=O) groups is 3. The molecule has 11 heteroatoms. The molecule has 0 aliphatic rings. The van der Waals surface area contributed by atoms with Crippen molar-refractivity contribution in [3.05, 3.63) is 59.4 Å². The lowest BCUT2D eigenvalue weighted by Crippen LogP contribution is -2.21. The summed E-state index contributed by atoms with van der Waals surface area (Å²) in [5, 5.41) is 15.4. The molecule has 0 unspecified atom stereocenters. The minimum Gasteiger partial charge on any atom is -0.493 e. The molecule has 0 aliphatic carbocycles. The van der Waals surface area contributed by atoms with Crippen LogP contribution in [-0.2, 0) is 20.8 Å². The average molecular weight is 459 g/mol. The second kappa shape index (κ2) is 10.4. The van der Waals surface area contributed by atoms with Gasteiger partial charge >= 0.3 is 5.97 Å². The van der Waals surface area contributed by atoms with Crippen molar-refractivity contribution in [3.8, 4) is 17.2 Å². The number of para-hydroxylation sites is 2. The van der Waals surface area contributed by atoms with Crippen molar-refractivity contribution in [3.63, 3.8) is 0 Å². The van der Waals surface area contributed by atoms with E-state index in [0.29, 0.717) is 17.2 Å². The van der Waals surface area contributed by atoms with E-state index in [1.807, 2.05) is 0 Å². The SMILES string of the molecule is COc1ccccc1Oc1cc(F)ccc1NC(=O)CC(=O)Nc1nc(CC(=O)O)cs1.